The molecule has 5 nitrogen and oxygen atoms in total. The van der Waals surface area contributed by atoms with Crippen molar-refractivity contribution in [2.45, 2.75) is 13.3 Å². The molecule has 0 aliphatic rings. The molecule has 128 valence electrons. The summed E-state index contributed by atoms with van der Waals surface area (Å²) >= 11 is 0. The molecule has 3 rings (SSSR count). The summed E-state index contributed by atoms with van der Waals surface area (Å²) in [5, 5.41) is 3.44. The van der Waals surface area contributed by atoms with Gasteiger partial charge in [-0.25, -0.2) is 4.79 Å². The van der Waals surface area contributed by atoms with E-state index in [0.717, 1.165) is 5.56 Å². The van der Waals surface area contributed by atoms with Crippen LogP contribution in [0, 0.1) is 0 Å². The van der Waals surface area contributed by atoms with Crippen molar-refractivity contribution in [2.24, 2.45) is 0 Å². The average molecular weight is 337 g/mol. The summed E-state index contributed by atoms with van der Waals surface area (Å²) in [6.45, 7) is 2.85. The van der Waals surface area contributed by atoms with Gasteiger partial charge in [-0.15, -0.1) is 0 Å². The molecule has 0 saturated carbocycles. The fraction of sp³-hybridized carbons (Fsp3) is 0.200. The highest BCUT2D eigenvalue weighted by molar-refractivity contribution is 5.96. The van der Waals surface area contributed by atoms with Crippen LogP contribution < -0.4 is 15.7 Å². The molecule has 0 fully saturated rings. The molecule has 0 saturated heterocycles. The smallest absolute Gasteiger partial charge is 0.349 e. The Bertz CT molecular complexity index is 931. The summed E-state index contributed by atoms with van der Waals surface area (Å²) in [5.74, 6) is 0.193. The number of rotatable bonds is 6. The molecule has 0 spiro atoms. The van der Waals surface area contributed by atoms with Crippen molar-refractivity contribution in [1.29, 1.82) is 0 Å². The van der Waals surface area contributed by atoms with Crippen LogP contribution in [0.15, 0.2) is 63.8 Å². The van der Waals surface area contributed by atoms with Gasteiger partial charge in [0.15, 0.2) is 0 Å². The van der Waals surface area contributed by atoms with Crippen LogP contribution in [0.25, 0.3) is 11.0 Å². The van der Waals surface area contributed by atoms with Gasteiger partial charge in [0.25, 0.3) is 5.91 Å². The van der Waals surface area contributed by atoms with Gasteiger partial charge >= 0.3 is 5.63 Å². The molecule has 0 bridgehead atoms. The van der Waals surface area contributed by atoms with E-state index in [-0.39, 0.29) is 5.56 Å². The molecule has 1 amide bonds. The lowest BCUT2D eigenvalue weighted by atomic mass is 10.1. The van der Waals surface area contributed by atoms with Gasteiger partial charge in [0.1, 0.15) is 16.9 Å². The lowest BCUT2D eigenvalue weighted by molar-refractivity contribution is 0.0950. The SMILES string of the molecule is CCOc1ccc2cc(C(=O)NCCc3ccccc3)c(=O)oc2c1. The van der Waals surface area contributed by atoms with Gasteiger partial charge in [0.05, 0.1) is 6.61 Å². The van der Waals surface area contributed by atoms with E-state index in [0.29, 0.717) is 36.3 Å². The maximum Gasteiger partial charge on any atom is 0.349 e. The Hall–Kier alpha value is -3.08. The highest BCUT2D eigenvalue weighted by atomic mass is 16.5. The molecule has 1 heterocycles. The Kier molecular flexibility index (Phi) is 5.14. The van der Waals surface area contributed by atoms with E-state index < -0.39 is 11.5 Å². The Labute approximate surface area is 145 Å². The van der Waals surface area contributed by atoms with Crippen LogP contribution in [0.3, 0.4) is 0 Å². The first-order chi connectivity index (χ1) is 12.2. The molecule has 1 aromatic heterocycles. The van der Waals surface area contributed by atoms with Gasteiger partial charge in [-0.1, -0.05) is 30.3 Å². The van der Waals surface area contributed by atoms with Crippen LogP contribution in [-0.2, 0) is 6.42 Å². The molecule has 0 atom stereocenters. The molecule has 0 radical (unpaired) electrons. The van der Waals surface area contributed by atoms with Crippen LogP contribution in [0.4, 0.5) is 0 Å². The van der Waals surface area contributed by atoms with Gasteiger partial charge in [0.2, 0.25) is 0 Å². The predicted octanol–water partition coefficient (Wildman–Crippen LogP) is 3.16. The minimum Gasteiger partial charge on any atom is -0.494 e. The van der Waals surface area contributed by atoms with Crippen LogP contribution in [-0.4, -0.2) is 19.1 Å². The first-order valence-electron chi connectivity index (χ1n) is 8.20. The van der Waals surface area contributed by atoms with E-state index in [1.807, 2.05) is 37.3 Å². The first kappa shape index (κ1) is 16.8. The maximum atomic E-state index is 12.3. The minimum atomic E-state index is -0.654. The van der Waals surface area contributed by atoms with Crippen molar-refractivity contribution in [3.63, 3.8) is 0 Å². The number of amides is 1. The molecule has 25 heavy (non-hydrogen) atoms. The summed E-state index contributed by atoms with van der Waals surface area (Å²) in [5.41, 5.74) is 0.872. The van der Waals surface area contributed by atoms with Crippen LogP contribution in [0.5, 0.6) is 5.75 Å². The van der Waals surface area contributed by atoms with Gasteiger partial charge in [-0.05, 0) is 37.1 Å². The summed E-state index contributed by atoms with van der Waals surface area (Å²) in [6.07, 6.45) is 0.698. The fourth-order valence-corrected chi connectivity index (χ4v) is 2.57. The highest BCUT2D eigenvalue weighted by Gasteiger charge is 2.13. The number of fused-ring (bicyclic) bond motifs is 1. The lowest BCUT2D eigenvalue weighted by Gasteiger charge is -2.07. The van der Waals surface area contributed by atoms with Crippen LogP contribution in [0.2, 0.25) is 0 Å². The van der Waals surface area contributed by atoms with E-state index in [1.165, 1.54) is 0 Å². The normalized spacial score (nSPS) is 10.6. The van der Waals surface area contributed by atoms with Gasteiger partial charge in [-0.2, -0.15) is 0 Å². The number of ether oxygens (including phenoxy) is 1. The lowest BCUT2D eigenvalue weighted by Crippen LogP contribution is -2.29. The van der Waals surface area contributed by atoms with E-state index in [4.69, 9.17) is 9.15 Å². The topological polar surface area (TPSA) is 68.5 Å². The number of hydrogen-bond acceptors (Lipinski definition) is 4. The second kappa shape index (κ2) is 7.66. The van der Waals surface area contributed by atoms with Crippen LogP contribution >= 0.6 is 0 Å². The summed E-state index contributed by atoms with van der Waals surface area (Å²) in [7, 11) is 0. The number of carbonyl (C=O) groups is 1. The third-order valence-corrected chi connectivity index (χ3v) is 3.81. The molecule has 0 unspecified atom stereocenters. The van der Waals surface area contributed by atoms with Crippen molar-refractivity contribution in [3.8, 4) is 5.75 Å². The molecule has 0 aliphatic heterocycles. The van der Waals surface area contributed by atoms with Crippen molar-refractivity contribution >= 4 is 16.9 Å². The number of benzene rings is 2. The molecule has 0 aliphatic carbocycles. The van der Waals surface area contributed by atoms with E-state index in [1.54, 1.807) is 24.3 Å². The minimum absolute atomic E-state index is 0.00437. The van der Waals surface area contributed by atoms with Crippen molar-refractivity contribution in [2.75, 3.05) is 13.2 Å². The van der Waals surface area contributed by atoms with Crippen molar-refractivity contribution in [1.82, 2.24) is 5.32 Å². The molecule has 1 N–H and O–H groups in total. The largest absolute Gasteiger partial charge is 0.494 e. The van der Waals surface area contributed by atoms with Gasteiger partial charge < -0.3 is 14.5 Å². The zero-order chi connectivity index (χ0) is 17.6. The van der Waals surface area contributed by atoms with Gasteiger partial charge in [0, 0.05) is 18.0 Å². The number of carbonyl (C=O) groups excluding carboxylic acids is 1. The Morgan fingerprint density at radius 3 is 2.68 bits per heavy atom. The fourth-order valence-electron chi connectivity index (χ4n) is 2.57. The average Bonchev–Trinajstić information content (AvgIpc) is 2.62. The van der Waals surface area contributed by atoms with E-state index in [9.17, 15) is 9.59 Å². The maximum absolute atomic E-state index is 12.3. The second-order valence-corrected chi connectivity index (χ2v) is 5.57. The summed E-state index contributed by atoms with van der Waals surface area (Å²) in [4.78, 5) is 24.4. The zero-order valence-corrected chi connectivity index (χ0v) is 14.0. The Balaban J connectivity index is 1.73. The third-order valence-electron chi connectivity index (χ3n) is 3.81. The van der Waals surface area contributed by atoms with Gasteiger partial charge in [-0.3, -0.25) is 4.79 Å². The Morgan fingerprint density at radius 2 is 1.92 bits per heavy atom. The summed E-state index contributed by atoms with van der Waals surface area (Å²) in [6, 6.07) is 16.6. The Morgan fingerprint density at radius 1 is 1.12 bits per heavy atom. The molecule has 5 heteroatoms. The van der Waals surface area contributed by atoms with E-state index >= 15 is 0 Å². The zero-order valence-electron chi connectivity index (χ0n) is 14.0. The molecular formula is C20H19NO4. The monoisotopic (exact) mass is 337 g/mol. The molecule has 3 aromatic rings. The quantitative estimate of drug-likeness (QED) is 0.702. The first-order valence-corrected chi connectivity index (χ1v) is 8.20. The third kappa shape index (κ3) is 4.07. The van der Waals surface area contributed by atoms with Crippen LogP contribution in [0.1, 0.15) is 22.8 Å². The predicted molar refractivity (Wildman–Crippen MR) is 96.1 cm³/mol. The molecular weight excluding hydrogens is 318 g/mol. The molecule has 2 aromatic carbocycles. The van der Waals surface area contributed by atoms with Crippen molar-refractivity contribution < 1.29 is 13.9 Å². The highest BCUT2D eigenvalue weighted by Crippen LogP contribution is 2.20. The number of hydrogen-bond donors (Lipinski definition) is 1. The second-order valence-electron chi connectivity index (χ2n) is 5.57. The number of nitrogens with one attached hydrogen (secondary N) is 1. The van der Waals surface area contributed by atoms with E-state index in [2.05, 4.69) is 5.32 Å². The summed E-state index contributed by atoms with van der Waals surface area (Å²) < 4.78 is 10.7. The van der Waals surface area contributed by atoms with Crippen molar-refractivity contribution in [3.05, 3.63) is 76.1 Å². The standard InChI is InChI=1S/C20H19NO4/c1-2-24-16-9-8-15-12-17(20(23)25-18(15)13-16)19(22)21-11-10-14-6-4-3-5-7-14/h3-9,12-13H,2,10-11H2,1H3,(H,21,22).